The monoisotopic (exact) mass is 493 g/mol. The SMILES string of the molecule is Cc1ccc(C(=O)Nc2cc(I)ccc2Br)c(Br)c1. The number of aryl methyl sites for hydroxylation is 1. The second-order valence-corrected chi connectivity index (χ2v) is 7.02. The molecule has 0 atom stereocenters. The molecule has 2 nitrogen and oxygen atoms in total. The van der Waals surface area contributed by atoms with Gasteiger partial charge in [-0.05, 0) is 97.3 Å². The van der Waals surface area contributed by atoms with Gasteiger partial charge in [-0.15, -0.1) is 0 Å². The van der Waals surface area contributed by atoms with E-state index < -0.39 is 0 Å². The van der Waals surface area contributed by atoms with Gasteiger partial charge in [-0.1, -0.05) is 6.07 Å². The Hall–Kier alpha value is -0.400. The van der Waals surface area contributed by atoms with Crippen molar-refractivity contribution in [1.82, 2.24) is 0 Å². The van der Waals surface area contributed by atoms with Gasteiger partial charge in [-0.25, -0.2) is 0 Å². The maximum atomic E-state index is 12.2. The van der Waals surface area contributed by atoms with Crippen LogP contribution in [0, 0.1) is 10.5 Å². The summed E-state index contributed by atoms with van der Waals surface area (Å²) in [6.45, 7) is 1.99. The molecule has 2 aromatic rings. The minimum absolute atomic E-state index is 0.130. The number of benzene rings is 2. The number of amides is 1. The first kappa shape index (κ1) is 15.0. The summed E-state index contributed by atoms with van der Waals surface area (Å²) in [4.78, 5) is 12.2. The topological polar surface area (TPSA) is 29.1 Å². The zero-order valence-corrected chi connectivity index (χ0v) is 15.3. The standard InChI is InChI=1S/C14H10Br2INO/c1-8-2-4-10(12(16)6-8)14(19)18-13-7-9(17)3-5-11(13)15/h2-7H,1H3,(H,18,19). The molecule has 0 heterocycles. The van der Waals surface area contributed by atoms with Gasteiger partial charge < -0.3 is 5.32 Å². The third-order valence-corrected chi connectivity index (χ3v) is 4.56. The van der Waals surface area contributed by atoms with Crippen LogP contribution in [0.4, 0.5) is 5.69 Å². The number of nitrogens with one attached hydrogen (secondary N) is 1. The molecular formula is C14H10Br2INO. The highest BCUT2D eigenvalue weighted by Gasteiger charge is 2.12. The zero-order valence-electron chi connectivity index (χ0n) is 10.0. The summed E-state index contributed by atoms with van der Waals surface area (Å²) in [5, 5.41) is 2.91. The Morgan fingerprint density at radius 3 is 2.53 bits per heavy atom. The molecule has 0 bridgehead atoms. The Bertz CT molecular complexity index is 643. The summed E-state index contributed by atoms with van der Waals surface area (Å²) < 4.78 is 2.73. The highest BCUT2D eigenvalue weighted by molar-refractivity contribution is 14.1. The van der Waals surface area contributed by atoms with Gasteiger partial charge in [0.05, 0.1) is 11.3 Å². The minimum Gasteiger partial charge on any atom is -0.321 e. The van der Waals surface area contributed by atoms with E-state index in [1.165, 1.54) is 0 Å². The van der Waals surface area contributed by atoms with E-state index in [-0.39, 0.29) is 5.91 Å². The van der Waals surface area contributed by atoms with Gasteiger partial charge in [0.1, 0.15) is 0 Å². The van der Waals surface area contributed by atoms with Gasteiger partial charge in [0.2, 0.25) is 0 Å². The van der Waals surface area contributed by atoms with Crippen LogP contribution in [0.5, 0.6) is 0 Å². The van der Waals surface area contributed by atoms with Gasteiger partial charge in [-0.3, -0.25) is 4.79 Å². The number of anilines is 1. The fourth-order valence-electron chi connectivity index (χ4n) is 1.59. The van der Waals surface area contributed by atoms with E-state index in [2.05, 4.69) is 59.8 Å². The van der Waals surface area contributed by atoms with E-state index in [0.29, 0.717) is 5.56 Å². The quantitative estimate of drug-likeness (QED) is 0.558. The van der Waals surface area contributed by atoms with E-state index in [1.807, 2.05) is 43.3 Å². The molecule has 0 aliphatic rings. The number of hydrogen-bond acceptors (Lipinski definition) is 1. The van der Waals surface area contributed by atoms with Crippen LogP contribution in [0.25, 0.3) is 0 Å². The molecule has 98 valence electrons. The average Bonchev–Trinajstić information content (AvgIpc) is 2.33. The molecule has 0 saturated carbocycles. The molecule has 1 N–H and O–H groups in total. The van der Waals surface area contributed by atoms with Gasteiger partial charge in [-0.2, -0.15) is 0 Å². The number of carbonyl (C=O) groups excluding carboxylic acids is 1. The summed E-state index contributed by atoms with van der Waals surface area (Å²) in [5.41, 5.74) is 2.50. The van der Waals surface area contributed by atoms with Crippen molar-refractivity contribution in [3.05, 3.63) is 60.0 Å². The summed E-state index contributed by atoms with van der Waals surface area (Å²) in [7, 11) is 0. The van der Waals surface area contributed by atoms with Crippen LogP contribution in [0.3, 0.4) is 0 Å². The van der Waals surface area contributed by atoms with Crippen LogP contribution in [-0.4, -0.2) is 5.91 Å². The van der Waals surface area contributed by atoms with Gasteiger partial charge in [0.15, 0.2) is 0 Å². The molecule has 0 saturated heterocycles. The number of hydrogen-bond donors (Lipinski definition) is 1. The third-order valence-electron chi connectivity index (χ3n) is 2.55. The molecule has 2 aromatic carbocycles. The predicted octanol–water partition coefficient (Wildman–Crippen LogP) is 5.38. The first-order chi connectivity index (χ1) is 8.97. The van der Waals surface area contributed by atoms with Crippen LogP contribution in [0.1, 0.15) is 15.9 Å². The minimum atomic E-state index is -0.130. The van der Waals surface area contributed by atoms with Gasteiger partial charge in [0.25, 0.3) is 5.91 Å². The molecule has 5 heteroatoms. The Labute approximate surface area is 142 Å². The molecule has 19 heavy (non-hydrogen) atoms. The maximum Gasteiger partial charge on any atom is 0.256 e. The Kier molecular flexibility index (Phi) is 5.03. The predicted molar refractivity (Wildman–Crippen MR) is 93.7 cm³/mol. The van der Waals surface area contributed by atoms with Crippen molar-refractivity contribution in [3.8, 4) is 0 Å². The molecule has 0 unspecified atom stereocenters. The van der Waals surface area contributed by atoms with Crippen LogP contribution in [0.2, 0.25) is 0 Å². The maximum absolute atomic E-state index is 12.2. The van der Waals surface area contributed by atoms with Crippen LogP contribution in [-0.2, 0) is 0 Å². The fraction of sp³-hybridized carbons (Fsp3) is 0.0714. The first-order valence-corrected chi connectivity index (χ1v) is 8.16. The van der Waals surface area contributed by atoms with Crippen molar-refractivity contribution in [3.63, 3.8) is 0 Å². The average molecular weight is 495 g/mol. The van der Waals surface area contributed by atoms with Crippen LogP contribution in [0.15, 0.2) is 45.3 Å². The smallest absolute Gasteiger partial charge is 0.256 e. The van der Waals surface area contributed by atoms with Gasteiger partial charge >= 0.3 is 0 Å². The Morgan fingerprint density at radius 2 is 1.84 bits per heavy atom. The molecule has 0 aliphatic heterocycles. The fourth-order valence-corrected chi connectivity index (χ4v) is 3.10. The van der Waals surface area contributed by atoms with E-state index in [1.54, 1.807) is 0 Å². The Morgan fingerprint density at radius 1 is 1.11 bits per heavy atom. The molecular weight excluding hydrogens is 485 g/mol. The summed E-state index contributed by atoms with van der Waals surface area (Å²) in [6.07, 6.45) is 0. The number of carbonyl (C=O) groups is 1. The summed E-state index contributed by atoms with van der Waals surface area (Å²) in [5.74, 6) is -0.130. The second-order valence-electron chi connectivity index (χ2n) is 4.06. The highest BCUT2D eigenvalue weighted by atomic mass is 127. The normalized spacial score (nSPS) is 10.3. The molecule has 0 aliphatic carbocycles. The molecule has 0 spiro atoms. The van der Waals surface area contributed by atoms with Crippen LogP contribution < -0.4 is 5.32 Å². The summed E-state index contributed by atoms with van der Waals surface area (Å²) in [6, 6.07) is 11.5. The number of rotatable bonds is 2. The highest BCUT2D eigenvalue weighted by Crippen LogP contribution is 2.26. The molecule has 0 aromatic heterocycles. The Balaban J connectivity index is 2.28. The number of halogens is 3. The van der Waals surface area contributed by atoms with E-state index in [9.17, 15) is 4.79 Å². The van der Waals surface area contributed by atoms with Crippen molar-refractivity contribution < 1.29 is 4.79 Å². The lowest BCUT2D eigenvalue weighted by molar-refractivity contribution is 0.102. The van der Waals surface area contributed by atoms with E-state index >= 15 is 0 Å². The molecule has 1 amide bonds. The summed E-state index contributed by atoms with van der Waals surface area (Å²) >= 11 is 9.07. The van der Waals surface area contributed by atoms with Crippen LogP contribution >= 0.6 is 54.5 Å². The third kappa shape index (κ3) is 3.79. The molecule has 0 radical (unpaired) electrons. The van der Waals surface area contributed by atoms with E-state index in [4.69, 9.17) is 0 Å². The lowest BCUT2D eigenvalue weighted by atomic mass is 10.1. The largest absolute Gasteiger partial charge is 0.321 e. The van der Waals surface area contributed by atoms with Crippen molar-refractivity contribution in [2.45, 2.75) is 6.92 Å². The first-order valence-electron chi connectivity index (χ1n) is 5.50. The molecule has 2 rings (SSSR count). The van der Waals surface area contributed by atoms with Crippen molar-refractivity contribution in [2.24, 2.45) is 0 Å². The van der Waals surface area contributed by atoms with Crippen molar-refractivity contribution in [2.75, 3.05) is 5.32 Å². The van der Waals surface area contributed by atoms with Gasteiger partial charge in [0, 0.05) is 12.5 Å². The zero-order chi connectivity index (χ0) is 14.0. The lowest BCUT2D eigenvalue weighted by Gasteiger charge is -2.09. The molecule has 0 fully saturated rings. The lowest BCUT2D eigenvalue weighted by Crippen LogP contribution is -2.13. The second kappa shape index (κ2) is 6.37. The van der Waals surface area contributed by atoms with Crippen molar-refractivity contribution in [1.29, 1.82) is 0 Å². The van der Waals surface area contributed by atoms with E-state index in [0.717, 1.165) is 23.8 Å². The van der Waals surface area contributed by atoms with Crippen molar-refractivity contribution >= 4 is 66.0 Å².